The molecule has 0 aliphatic carbocycles. The maximum atomic E-state index is 12.3. The molecule has 3 aromatic rings. The zero-order valence-corrected chi connectivity index (χ0v) is 17.1. The monoisotopic (exact) mass is 469 g/mol. The maximum absolute atomic E-state index is 12.3. The summed E-state index contributed by atoms with van der Waals surface area (Å²) < 4.78 is 6.78. The highest BCUT2D eigenvalue weighted by atomic mass is 35.5. The van der Waals surface area contributed by atoms with Gasteiger partial charge in [-0.25, -0.2) is 10.4 Å². The number of hydrogen-bond donors (Lipinski definition) is 6. The number of halogens is 2. The van der Waals surface area contributed by atoms with E-state index >= 15 is 0 Å². The molecule has 4 rings (SSSR count). The van der Waals surface area contributed by atoms with E-state index in [9.17, 15) is 20.1 Å². The second kappa shape index (κ2) is 8.42. The average molecular weight is 470 g/mol. The van der Waals surface area contributed by atoms with E-state index in [1.54, 1.807) is 18.2 Å². The molecule has 0 saturated carbocycles. The second-order valence-electron chi connectivity index (χ2n) is 6.69. The number of aliphatic hydroxyl groups is 3. The number of fused-ring (bicyclic) bond motifs is 1. The first kappa shape index (κ1) is 21.5. The molecule has 2 aromatic heterocycles. The van der Waals surface area contributed by atoms with Gasteiger partial charge in [-0.15, -0.1) is 0 Å². The number of nitrogens with zero attached hydrogens (tertiary/aromatic N) is 4. The lowest BCUT2D eigenvalue weighted by Gasteiger charge is -2.18. The molecular formula is C17H17Cl2N7O5. The minimum Gasteiger partial charge on any atom is -0.394 e. The summed E-state index contributed by atoms with van der Waals surface area (Å²) in [6, 6.07) is 4.83. The molecule has 7 N–H and O–H groups in total. The van der Waals surface area contributed by atoms with Crippen LogP contribution in [0.5, 0.6) is 0 Å². The third kappa shape index (κ3) is 3.96. The van der Waals surface area contributed by atoms with Crippen LogP contribution in [-0.4, -0.2) is 66.0 Å². The number of benzene rings is 1. The Morgan fingerprint density at radius 2 is 2.10 bits per heavy atom. The number of anilines is 2. The quantitative estimate of drug-likeness (QED) is 0.222. The molecule has 1 saturated heterocycles. The second-order valence-corrected chi connectivity index (χ2v) is 7.54. The van der Waals surface area contributed by atoms with Crippen molar-refractivity contribution in [2.24, 2.45) is 5.10 Å². The third-order valence-electron chi connectivity index (χ3n) is 4.67. The van der Waals surface area contributed by atoms with Crippen molar-refractivity contribution < 1.29 is 20.1 Å². The van der Waals surface area contributed by atoms with Gasteiger partial charge >= 0.3 is 0 Å². The Morgan fingerprint density at radius 1 is 1.32 bits per heavy atom. The van der Waals surface area contributed by atoms with Crippen LogP contribution in [0, 0.1) is 0 Å². The number of nitrogens with one attached hydrogen (secondary N) is 2. The Morgan fingerprint density at radius 3 is 2.77 bits per heavy atom. The number of aromatic nitrogens is 4. The van der Waals surface area contributed by atoms with Crippen LogP contribution in [-0.2, 0) is 4.74 Å². The summed E-state index contributed by atoms with van der Waals surface area (Å²) in [6.07, 6.45) is -3.72. The van der Waals surface area contributed by atoms with Crippen molar-refractivity contribution in [2.45, 2.75) is 24.5 Å². The number of rotatable bonds is 5. The van der Waals surface area contributed by atoms with Crippen LogP contribution in [0.1, 0.15) is 11.8 Å². The van der Waals surface area contributed by atoms with Crippen LogP contribution >= 0.6 is 23.2 Å². The van der Waals surface area contributed by atoms with Gasteiger partial charge in [0.1, 0.15) is 18.3 Å². The average Bonchev–Trinajstić information content (AvgIpc) is 3.21. The summed E-state index contributed by atoms with van der Waals surface area (Å²) in [7, 11) is 0. The fourth-order valence-electron chi connectivity index (χ4n) is 3.18. The predicted molar refractivity (Wildman–Crippen MR) is 113 cm³/mol. The van der Waals surface area contributed by atoms with Gasteiger partial charge in [-0.05, 0) is 12.1 Å². The van der Waals surface area contributed by atoms with E-state index in [0.29, 0.717) is 15.6 Å². The van der Waals surface area contributed by atoms with Crippen LogP contribution in [0.15, 0.2) is 28.1 Å². The first-order chi connectivity index (χ1) is 14.8. The zero-order chi connectivity index (χ0) is 22.3. The van der Waals surface area contributed by atoms with Crippen LogP contribution in [0.25, 0.3) is 11.2 Å². The highest BCUT2D eigenvalue weighted by Gasteiger charge is 2.45. The van der Waals surface area contributed by atoms with E-state index in [0.717, 1.165) is 0 Å². The molecule has 164 valence electrons. The molecule has 1 aromatic carbocycles. The first-order valence-electron chi connectivity index (χ1n) is 8.94. The van der Waals surface area contributed by atoms with E-state index in [4.69, 9.17) is 33.7 Å². The summed E-state index contributed by atoms with van der Waals surface area (Å²) in [6.45, 7) is -0.534. The molecule has 0 spiro atoms. The predicted octanol–water partition coefficient (Wildman–Crippen LogP) is 0.0661. The molecule has 3 heterocycles. The van der Waals surface area contributed by atoms with E-state index in [1.807, 2.05) is 0 Å². The molecule has 4 atom stereocenters. The number of aliphatic hydroxyl groups excluding tert-OH is 3. The van der Waals surface area contributed by atoms with Gasteiger partial charge in [-0.1, -0.05) is 29.3 Å². The molecule has 31 heavy (non-hydrogen) atoms. The normalized spacial score (nSPS) is 23.8. The molecule has 1 aliphatic rings. The van der Waals surface area contributed by atoms with Crippen molar-refractivity contribution in [1.82, 2.24) is 19.5 Å². The summed E-state index contributed by atoms with van der Waals surface area (Å²) >= 11 is 12.0. The lowest BCUT2D eigenvalue weighted by atomic mass is 10.1. The summed E-state index contributed by atoms with van der Waals surface area (Å²) in [5.74, 6) is -0.219. The van der Waals surface area contributed by atoms with Crippen molar-refractivity contribution in [3.05, 3.63) is 44.2 Å². The lowest BCUT2D eigenvalue weighted by Crippen LogP contribution is -2.33. The van der Waals surface area contributed by atoms with Crippen LogP contribution < -0.4 is 16.7 Å². The lowest BCUT2D eigenvalue weighted by molar-refractivity contribution is -0.0501. The Balaban J connectivity index is 1.76. The number of nitrogens with two attached hydrogens (primary N) is 1. The van der Waals surface area contributed by atoms with Gasteiger partial charge < -0.3 is 25.8 Å². The number of hydrogen-bond acceptors (Lipinski definition) is 10. The van der Waals surface area contributed by atoms with E-state index in [-0.39, 0.29) is 23.1 Å². The minimum atomic E-state index is -1.45. The highest BCUT2D eigenvalue weighted by Crippen LogP contribution is 2.34. The Hall–Kier alpha value is -2.74. The number of imidazole rings is 1. The summed E-state index contributed by atoms with van der Waals surface area (Å²) in [4.78, 5) is 22.8. The van der Waals surface area contributed by atoms with Gasteiger partial charge in [0.05, 0.1) is 17.8 Å². The topological polar surface area (TPSA) is 184 Å². The van der Waals surface area contributed by atoms with Crippen molar-refractivity contribution in [1.29, 1.82) is 0 Å². The molecule has 1 fully saturated rings. The van der Waals surface area contributed by atoms with E-state index in [1.165, 1.54) is 10.8 Å². The molecule has 1 aliphatic heterocycles. The first-order valence-corrected chi connectivity index (χ1v) is 9.70. The fourth-order valence-corrected chi connectivity index (χ4v) is 3.64. The van der Waals surface area contributed by atoms with Crippen molar-refractivity contribution in [3.8, 4) is 0 Å². The van der Waals surface area contributed by atoms with Crippen LogP contribution in [0.2, 0.25) is 10.0 Å². The number of H-pyrrole nitrogens is 1. The Bertz CT molecular complexity index is 1210. The van der Waals surface area contributed by atoms with Gasteiger partial charge in [0.25, 0.3) is 5.56 Å². The van der Waals surface area contributed by atoms with Gasteiger partial charge in [-0.2, -0.15) is 10.1 Å². The van der Waals surface area contributed by atoms with E-state index in [2.05, 4.69) is 25.5 Å². The molecule has 0 amide bonds. The van der Waals surface area contributed by atoms with E-state index < -0.39 is 36.7 Å². The Kier molecular flexibility index (Phi) is 5.83. The van der Waals surface area contributed by atoms with Crippen molar-refractivity contribution in [2.75, 3.05) is 17.8 Å². The summed E-state index contributed by atoms with van der Waals surface area (Å²) in [5.41, 5.74) is 8.10. The smallest absolute Gasteiger partial charge is 0.280 e. The van der Waals surface area contributed by atoms with Gasteiger partial charge in [-0.3, -0.25) is 14.3 Å². The molecule has 14 heteroatoms. The maximum Gasteiger partial charge on any atom is 0.280 e. The van der Waals surface area contributed by atoms with Crippen LogP contribution in [0.3, 0.4) is 0 Å². The fraction of sp³-hybridized carbons (Fsp3) is 0.294. The number of ether oxygens (including phenoxy) is 1. The molecule has 0 radical (unpaired) electrons. The van der Waals surface area contributed by atoms with Gasteiger partial charge in [0.15, 0.2) is 17.4 Å². The molecule has 0 unspecified atom stereocenters. The van der Waals surface area contributed by atoms with Crippen molar-refractivity contribution in [3.63, 3.8) is 0 Å². The standard InChI is InChI=1S/C17H17Cl2N7O5/c18-7-2-1-6(8(19)3-7)4-21-25-17-22-10-13(23-16(20)24-14(10)30)26(17)15-12(29)11(28)9(5-27)31-15/h1-4,9,11-12,15,27-29H,5H2,(H,22,25)(H3,20,23,24,30)/b21-4-/t9-,11-,12-,15-/m1/s1. The minimum absolute atomic E-state index is 0.0154. The molecular weight excluding hydrogens is 453 g/mol. The SMILES string of the molecule is Nc1nc2c(nc(N/N=C\c3ccc(Cl)cc3Cl)n2[C@@H]2O[C@H](CO)[C@@H](O)[C@H]2O)c(=O)[nH]1. The van der Waals surface area contributed by atoms with Crippen molar-refractivity contribution >= 4 is 52.5 Å². The number of hydrazone groups is 1. The number of nitrogen functional groups attached to an aromatic ring is 1. The third-order valence-corrected chi connectivity index (χ3v) is 5.23. The zero-order valence-electron chi connectivity index (χ0n) is 15.6. The largest absolute Gasteiger partial charge is 0.394 e. The highest BCUT2D eigenvalue weighted by molar-refractivity contribution is 6.36. The van der Waals surface area contributed by atoms with Gasteiger partial charge in [0.2, 0.25) is 11.9 Å². The van der Waals surface area contributed by atoms with Gasteiger partial charge in [0, 0.05) is 10.6 Å². The number of aromatic amines is 1. The molecule has 12 nitrogen and oxygen atoms in total. The van der Waals surface area contributed by atoms with Crippen LogP contribution in [0.4, 0.5) is 11.9 Å². The molecule has 0 bridgehead atoms. The Labute approximate surface area is 183 Å². The summed E-state index contributed by atoms with van der Waals surface area (Å²) in [5, 5.41) is 34.8.